The van der Waals surface area contributed by atoms with E-state index >= 15 is 0 Å². The number of amides is 1. The largest absolute Gasteiger partial charge is 0.454 e. The standard InChI is InChI=1S/C18H17NO4/c1-12(20)14-4-6-15(7-5-14)19-18(21)9-3-13-2-8-16-17(10-13)23-11-22-16/h2,4-8,10H,3,9,11H2,1H3,(H,19,21). The van der Waals surface area contributed by atoms with Gasteiger partial charge in [-0.1, -0.05) is 6.07 Å². The highest BCUT2D eigenvalue weighted by Gasteiger charge is 2.13. The number of hydrogen-bond donors (Lipinski definition) is 1. The molecule has 0 fully saturated rings. The van der Waals surface area contributed by atoms with Crippen LogP contribution >= 0.6 is 0 Å². The molecule has 0 atom stereocenters. The van der Waals surface area contributed by atoms with E-state index in [1.165, 1.54) is 6.92 Å². The second-order valence-electron chi connectivity index (χ2n) is 5.37. The van der Waals surface area contributed by atoms with Gasteiger partial charge in [0.25, 0.3) is 0 Å². The number of carbonyl (C=O) groups is 2. The van der Waals surface area contributed by atoms with Crippen molar-refractivity contribution in [2.45, 2.75) is 19.8 Å². The molecular weight excluding hydrogens is 294 g/mol. The van der Waals surface area contributed by atoms with Crippen molar-refractivity contribution in [2.24, 2.45) is 0 Å². The Balaban J connectivity index is 1.54. The molecule has 118 valence electrons. The normalized spacial score (nSPS) is 12.0. The number of ether oxygens (including phenoxy) is 2. The van der Waals surface area contributed by atoms with Crippen LogP contribution in [0.25, 0.3) is 0 Å². The summed E-state index contributed by atoms with van der Waals surface area (Å²) in [5.41, 5.74) is 2.34. The van der Waals surface area contributed by atoms with Crippen LogP contribution in [0.1, 0.15) is 29.3 Å². The van der Waals surface area contributed by atoms with Gasteiger partial charge in [-0.15, -0.1) is 0 Å². The maximum atomic E-state index is 12.0. The Bertz CT molecular complexity index is 737. The van der Waals surface area contributed by atoms with Gasteiger partial charge in [-0.2, -0.15) is 0 Å². The topological polar surface area (TPSA) is 64.6 Å². The van der Waals surface area contributed by atoms with Crippen LogP contribution in [0.2, 0.25) is 0 Å². The highest BCUT2D eigenvalue weighted by Crippen LogP contribution is 2.32. The lowest BCUT2D eigenvalue weighted by Crippen LogP contribution is -2.12. The maximum Gasteiger partial charge on any atom is 0.231 e. The SMILES string of the molecule is CC(=O)c1ccc(NC(=O)CCc2ccc3c(c2)OCO3)cc1. The summed E-state index contributed by atoms with van der Waals surface area (Å²) in [6, 6.07) is 12.6. The zero-order valence-electron chi connectivity index (χ0n) is 12.8. The van der Waals surface area contributed by atoms with E-state index in [2.05, 4.69) is 5.32 Å². The number of carbonyl (C=O) groups excluding carboxylic acids is 2. The molecule has 0 aromatic heterocycles. The smallest absolute Gasteiger partial charge is 0.231 e. The number of fused-ring (bicyclic) bond motifs is 1. The van der Waals surface area contributed by atoms with Crippen LogP contribution in [0.3, 0.4) is 0 Å². The minimum atomic E-state index is -0.0711. The number of nitrogens with one attached hydrogen (secondary N) is 1. The molecule has 1 N–H and O–H groups in total. The van der Waals surface area contributed by atoms with Crippen LogP contribution in [0, 0.1) is 0 Å². The number of hydrogen-bond acceptors (Lipinski definition) is 4. The van der Waals surface area contributed by atoms with Crippen molar-refractivity contribution >= 4 is 17.4 Å². The Morgan fingerprint density at radius 3 is 2.52 bits per heavy atom. The molecular formula is C18H17NO4. The second kappa shape index (κ2) is 6.52. The van der Waals surface area contributed by atoms with Crippen molar-refractivity contribution in [2.75, 3.05) is 12.1 Å². The van der Waals surface area contributed by atoms with Crippen molar-refractivity contribution in [1.29, 1.82) is 0 Å². The van der Waals surface area contributed by atoms with Gasteiger partial charge in [-0.05, 0) is 55.3 Å². The summed E-state index contributed by atoms with van der Waals surface area (Å²) in [5.74, 6) is 1.40. The van der Waals surface area contributed by atoms with Crippen molar-refractivity contribution < 1.29 is 19.1 Å². The minimum Gasteiger partial charge on any atom is -0.454 e. The van der Waals surface area contributed by atoms with Crippen LogP contribution in [-0.2, 0) is 11.2 Å². The molecule has 23 heavy (non-hydrogen) atoms. The predicted molar refractivity (Wildman–Crippen MR) is 86.0 cm³/mol. The molecule has 0 aliphatic carbocycles. The van der Waals surface area contributed by atoms with E-state index in [0.29, 0.717) is 24.1 Å². The van der Waals surface area contributed by atoms with E-state index in [0.717, 1.165) is 17.1 Å². The molecule has 5 nitrogen and oxygen atoms in total. The third-order valence-electron chi connectivity index (χ3n) is 3.65. The predicted octanol–water partition coefficient (Wildman–Crippen LogP) is 3.19. The molecule has 1 aliphatic heterocycles. The van der Waals surface area contributed by atoms with Crippen LogP contribution < -0.4 is 14.8 Å². The van der Waals surface area contributed by atoms with Crippen molar-refractivity contribution in [1.82, 2.24) is 0 Å². The zero-order chi connectivity index (χ0) is 16.2. The van der Waals surface area contributed by atoms with E-state index in [4.69, 9.17) is 9.47 Å². The average molecular weight is 311 g/mol. The molecule has 3 rings (SSSR count). The highest BCUT2D eigenvalue weighted by atomic mass is 16.7. The molecule has 0 saturated carbocycles. The Labute approximate surface area is 134 Å². The molecule has 0 radical (unpaired) electrons. The summed E-state index contributed by atoms with van der Waals surface area (Å²) in [5, 5.41) is 2.82. The molecule has 0 unspecified atom stereocenters. The summed E-state index contributed by atoms with van der Waals surface area (Å²) in [4.78, 5) is 23.2. The first kappa shape index (κ1) is 15.1. The number of benzene rings is 2. The molecule has 1 aliphatic rings. The first-order valence-electron chi connectivity index (χ1n) is 7.41. The lowest BCUT2D eigenvalue weighted by molar-refractivity contribution is -0.116. The quantitative estimate of drug-likeness (QED) is 0.861. The van der Waals surface area contributed by atoms with Gasteiger partial charge in [0, 0.05) is 17.7 Å². The van der Waals surface area contributed by atoms with Crippen molar-refractivity contribution in [3.8, 4) is 11.5 Å². The van der Waals surface area contributed by atoms with Gasteiger partial charge in [0.15, 0.2) is 17.3 Å². The van der Waals surface area contributed by atoms with Crippen LogP contribution in [0.15, 0.2) is 42.5 Å². The number of aryl methyl sites for hydroxylation is 1. The van der Waals surface area contributed by atoms with E-state index in [1.807, 2.05) is 18.2 Å². The fraction of sp³-hybridized carbons (Fsp3) is 0.222. The second-order valence-corrected chi connectivity index (χ2v) is 5.37. The molecule has 2 aromatic rings. The summed E-state index contributed by atoms with van der Waals surface area (Å²) in [7, 11) is 0. The third-order valence-corrected chi connectivity index (χ3v) is 3.65. The monoisotopic (exact) mass is 311 g/mol. The Morgan fingerprint density at radius 1 is 1.04 bits per heavy atom. The van der Waals surface area contributed by atoms with E-state index < -0.39 is 0 Å². The maximum absolute atomic E-state index is 12.0. The van der Waals surface area contributed by atoms with Gasteiger partial charge in [0.1, 0.15) is 0 Å². The van der Waals surface area contributed by atoms with Crippen molar-refractivity contribution in [3.63, 3.8) is 0 Å². The van der Waals surface area contributed by atoms with Gasteiger partial charge in [-0.3, -0.25) is 9.59 Å². The average Bonchev–Trinajstić information content (AvgIpc) is 3.01. The number of rotatable bonds is 5. The number of Topliss-reactive ketones (excluding diaryl/α,β-unsaturated/α-hetero) is 1. The van der Waals surface area contributed by atoms with E-state index in [-0.39, 0.29) is 18.5 Å². The molecule has 2 aromatic carbocycles. The van der Waals surface area contributed by atoms with E-state index in [9.17, 15) is 9.59 Å². The van der Waals surface area contributed by atoms with Gasteiger partial charge < -0.3 is 14.8 Å². The van der Waals surface area contributed by atoms with Crippen molar-refractivity contribution in [3.05, 3.63) is 53.6 Å². The van der Waals surface area contributed by atoms with E-state index in [1.54, 1.807) is 24.3 Å². The Kier molecular flexibility index (Phi) is 4.28. The summed E-state index contributed by atoms with van der Waals surface area (Å²) in [6.45, 7) is 1.76. The van der Waals surface area contributed by atoms with Crippen LogP contribution in [0.5, 0.6) is 11.5 Å². The fourth-order valence-electron chi connectivity index (χ4n) is 2.37. The molecule has 0 spiro atoms. The van der Waals surface area contributed by atoms with Crippen LogP contribution in [-0.4, -0.2) is 18.5 Å². The molecule has 0 bridgehead atoms. The Hall–Kier alpha value is -2.82. The third kappa shape index (κ3) is 3.69. The zero-order valence-corrected chi connectivity index (χ0v) is 12.8. The number of anilines is 1. The first-order chi connectivity index (χ1) is 11.1. The van der Waals surface area contributed by atoms with Gasteiger partial charge in [-0.25, -0.2) is 0 Å². The molecule has 1 amide bonds. The Morgan fingerprint density at radius 2 is 1.78 bits per heavy atom. The minimum absolute atomic E-state index is 0.00526. The molecule has 1 heterocycles. The highest BCUT2D eigenvalue weighted by molar-refractivity contribution is 5.95. The lowest BCUT2D eigenvalue weighted by atomic mass is 10.1. The summed E-state index contributed by atoms with van der Waals surface area (Å²) < 4.78 is 10.6. The molecule has 0 saturated heterocycles. The summed E-state index contributed by atoms with van der Waals surface area (Å²) >= 11 is 0. The number of ketones is 1. The summed E-state index contributed by atoms with van der Waals surface area (Å²) in [6.07, 6.45) is 0.988. The molecule has 5 heteroatoms. The van der Waals surface area contributed by atoms with Gasteiger partial charge in [0.2, 0.25) is 12.7 Å². The first-order valence-corrected chi connectivity index (χ1v) is 7.41. The van der Waals surface area contributed by atoms with Gasteiger partial charge >= 0.3 is 0 Å². The fourth-order valence-corrected chi connectivity index (χ4v) is 2.37. The van der Waals surface area contributed by atoms with Crippen LogP contribution in [0.4, 0.5) is 5.69 Å². The van der Waals surface area contributed by atoms with Gasteiger partial charge in [0.05, 0.1) is 0 Å². The lowest BCUT2D eigenvalue weighted by Gasteiger charge is -2.06.